The highest BCUT2D eigenvalue weighted by atomic mass is 32.2. The summed E-state index contributed by atoms with van der Waals surface area (Å²) >= 11 is 1.48. The molecule has 1 aromatic heterocycles. The van der Waals surface area contributed by atoms with Crippen LogP contribution in [0.2, 0.25) is 0 Å². The van der Waals surface area contributed by atoms with Gasteiger partial charge < -0.3 is 4.74 Å². The lowest BCUT2D eigenvalue weighted by Crippen LogP contribution is -2.21. The summed E-state index contributed by atoms with van der Waals surface area (Å²) in [5.74, 6) is 1.30. The summed E-state index contributed by atoms with van der Waals surface area (Å²) in [5.41, 5.74) is 2.92. The summed E-state index contributed by atoms with van der Waals surface area (Å²) < 4.78 is 6.95. The molecule has 0 aliphatic heterocycles. The molecule has 6 heteroatoms. The molecule has 3 aromatic carbocycles. The highest BCUT2D eigenvalue weighted by molar-refractivity contribution is 7.98. The van der Waals surface area contributed by atoms with Crippen LogP contribution in [0.5, 0.6) is 5.75 Å². The average molecular weight is 399 g/mol. The first-order valence-electron chi connectivity index (χ1n) is 8.97. The molecular weight excluding hydrogens is 382 g/mol. The molecule has 0 N–H and O–H groups in total. The Morgan fingerprint density at radius 3 is 2.62 bits per heavy atom. The van der Waals surface area contributed by atoms with Gasteiger partial charge in [0.2, 0.25) is 0 Å². The van der Waals surface area contributed by atoms with Crippen LogP contribution in [-0.2, 0) is 5.75 Å². The molecule has 1 heterocycles. The third kappa shape index (κ3) is 3.86. The lowest BCUT2D eigenvalue weighted by molar-refractivity contribution is 0.414. The Morgan fingerprint density at radius 1 is 1.07 bits per heavy atom. The minimum atomic E-state index is -0.119. The van der Waals surface area contributed by atoms with Gasteiger partial charge in [-0.05, 0) is 42.0 Å². The molecule has 29 heavy (non-hydrogen) atoms. The zero-order valence-electron chi connectivity index (χ0n) is 15.7. The van der Waals surface area contributed by atoms with E-state index in [0.29, 0.717) is 38.8 Å². The third-order valence-electron chi connectivity index (χ3n) is 4.51. The zero-order chi connectivity index (χ0) is 20.2. The lowest BCUT2D eigenvalue weighted by Gasteiger charge is -2.14. The first-order valence-corrected chi connectivity index (χ1v) is 9.96. The van der Waals surface area contributed by atoms with E-state index < -0.39 is 0 Å². The normalized spacial score (nSPS) is 10.6. The number of thioether (sulfide) groups is 1. The van der Waals surface area contributed by atoms with Crippen molar-refractivity contribution in [2.24, 2.45) is 0 Å². The van der Waals surface area contributed by atoms with Crippen LogP contribution in [0.25, 0.3) is 16.6 Å². The van der Waals surface area contributed by atoms with Crippen molar-refractivity contribution in [1.82, 2.24) is 9.55 Å². The van der Waals surface area contributed by atoms with E-state index >= 15 is 0 Å². The zero-order valence-corrected chi connectivity index (χ0v) is 16.5. The van der Waals surface area contributed by atoms with Crippen molar-refractivity contribution in [1.29, 1.82) is 5.26 Å². The summed E-state index contributed by atoms with van der Waals surface area (Å²) in [5, 5.41) is 10.1. The predicted octanol–water partition coefficient (Wildman–Crippen LogP) is 4.56. The Hall–Kier alpha value is -3.56. The maximum Gasteiger partial charge on any atom is 0.266 e. The van der Waals surface area contributed by atoms with Crippen LogP contribution in [0, 0.1) is 11.3 Å². The maximum atomic E-state index is 13.3. The molecule has 0 bridgehead atoms. The molecule has 4 rings (SSSR count). The van der Waals surface area contributed by atoms with Crippen molar-refractivity contribution in [2.45, 2.75) is 10.9 Å². The van der Waals surface area contributed by atoms with Crippen LogP contribution >= 0.6 is 11.8 Å². The smallest absolute Gasteiger partial charge is 0.266 e. The second-order valence-corrected chi connectivity index (χ2v) is 7.29. The fraction of sp³-hybridized carbons (Fsp3) is 0.0870. The molecule has 0 unspecified atom stereocenters. The molecule has 0 amide bonds. The SMILES string of the molecule is COc1cccc(-n2c(SCc3ccc(C#N)cc3)nc3ccccc3c2=O)c1. The number of methoxy groups -OCH3 is 1. The number of fused-ring (bicyclic) bond motifs is 1. The van der Waals surface area contributed by atoms with E-state index in [2.05, 4.69) is 6.07 Å². The first-order chi connectivity index (χ1) is 14.2. The van der Waals surface area contributed by atoms with Crippen LogP contribution in [0.1, 0.15) is 11.1 Å². The van der Waals surface area contributed by atoms with E-state index in [-0.39, 0.29) is 5.56 Å². The van der Waals surface area contributed by atoms with Crippen LogP contribution in [0.3, 0.4) is 0 Å². The first kappa shape index (κ1) is 18.8. The Morgan fingerprint density at radius 2 is 1.86 bits per heavy atom. The van der Waals surface area contributed by atoms with Gasteiger partial charge in [-0.25, -0.2) is 4.98 Å². The molecule has 0 saturated carbocycles. The molecule has 0 spiro atoms. The summed E-state index contributed by atoms with van der Waals surface area (Å²) in [4.78, 5) is 18.0. The highest BCUT2D eigenvalue weighted by Gasteiger charge is 2.14. The molecule has 0 fully saturated rings. The number of nitriles is 1. The Labute approximate surface area is 172 Å². The summed E-state index contributed by atoms with van der Waals surface area (Å²) in [6.45, 7) is 0. The summed E-state index contributed by atoms with van der Waals surface area (Å²) in [6.07, 6.45) is 0. The van der Waals surface area contributed by atoms with Gasteiger partial charge in [0.05, 0.1) is 35.3 Å². The third-order valence-corrected chi connectivity index (χ3v) is 5.52. The number of benzene rings is 3. The second kappa shape index (κ2) is 8.21. The van der Waals surface area contributed by atoms with Crippen molar-refractivity contribution in [2.75, 3.05) is 7.11 Å². The predicted molar refractivity (Wildman–Crippen MR) is 115 cm³/mol. The van der Waals surface area contributed by atoms with E-state index in [9.17, 15) is 4.79 Å². The highest BCUT2D eigenvalue weighted by Crippen LogP contribution is 2.26. The van der Waals surface area contributed by atoms with E-state index in [1.54, 1.807) is 29.9 Å². The Kier molecular flexibility index (Phi) is 5.32. The lowest BCUT2D eigenvalue weighted by atomic mass is 10.2. The molecule has 0 saturated heterocycles. The molecule has 5 nitrogen and oxygen atoms in total. The van der Waals surface area contributed by atoms with Gasteiger partial charge in [0.1, 0.15) is 5.75 Å². The second-order valence-electron chi connectivity index (χ2n) is 6.35. The van der Waals surface area contributed by atoms with Crippen molar-refractivity contribution >= 4 is 22.7 Å². The maximum absolute atomic E-state index is 13.3. The van der Waals surface area contributed by atoms with Crippen molar-refractivity contribution in [3.05, 3.63) is 94.3 Å². The van der Waals surface area contributed by atoms with E-state index in [1.165, 1.54) is 11.8 Å². The van der Waals surface area contributed by atoms with E-state index in [0.717, 1.165) is 5.56 Å². The minimum Gasteiger partial charge on any atom is -0.497 e. The molecule has 0 radical (unpaired) electrons. The number of rotatable bonds is 5. The minimum absolute atomic E-state index is 0.119. The Bertz CT molecular complexity index is 1270. The van der Waals surface area contributed by atoms with Gasteiger partial charge in [-0.1, -0.05) is 42.1 Å². The number of hydrogen-bond donors (Lipinski definition) is 0. The van der Waals surface area contributed by atoms with Gasteiger partial charge in [0, 0.05) is 11.8 Å². The molecule has 0 aliphatic carbocycles. The molecule has 0 atom stereocenters. The van der Waals surface area contributed by atoms with E-state index in [1.807, 2.05) is 54.6 Å². The fourth-order valence-corrected chi connectivity index (χ4v) is 3.98. The number of nitrogens with zero attached hydrogens (tertiary/aromatic N) is 3. The van der Waals surface area contributed by atoms with Gasteiger partial charge in [-0.15, -0.1) is 0 Å². The molecule has 4 aromatic rings. The van der Waals surface area contributed by atoms with Crippen LogP contribution in [0.4, 0.5) is 0 Å². The quantitative estimate of drug-likeness (QED) is 0.364. The molecule has 0 aliphatic rings. The van der Waals surface area contributed by atoms with Gasteiger partial charge in [-0.3, -0.25) is 9.36 Å². The number of hydrogen-bond acceptors (Lipinski definition) is 5. The Balaban J connectivity index is 1.80. The number of ether oxygens (including phenoxy) is 1. The fourth-order valence-electron chi connectivity index (χ4n) is 3.01. The van der Waals surface area contributed by atoms with Gasteiger partial charge in [0.25, 0.3) is 5.56 Å². The monoisotopic (exact) mass is 399 g/mol. The van der Waals surface area contributed by atoms with Crippen LogP contribution in [-0.4, -0.2) is 16.7 Å². The van der Waals surface area contributed by atoms with Gasteiger partial charge in [0.15, 0.2) is 5.16 Å². The van der Waals surface area contributed by atoms with Crippen LogP contribution < -0.4 is 10.3 Å². The van der Waals surface area contributed by atoms with E-state index in [4.69, 9.17) is 15.0 Å². The largest absolute Gasteiger partial charge is 0.497 e. The van der Waals surface area contributed by atoms with Gasteiger partial charge in [-0.2, -0.15) is 5.26 Å². The van der Waals surface area contributed by atoms with Crippen molar-refractivity contribution in [3.8, 4) is 17.5 Å². The van der Waals surface area contributed by atoms with Gasteiger partial charge >= 0.3 is 0 Å². The number of aromatic nitrogens is 2. The summed E-state index contributed by atoms with van der Waals surface area (Å²) in [7, 11) is 1.60. The standard InChI is InChI=1S/C23H17N3O2S/c1-28-19-6-4-5-18(13-19)26-22(27)20-7-2-3-8-21(20)25-23(26)29-15-17-11-9-16(14-24)10-12-17/h2-13H,15H2,1H3. The topological polar surface area (TPSA) is 67.9 Å². The van der Waals surface area contributed by atoms with Crippen molar-refractivity contribution < 1.29 is 4.74 Å². The van der Waals surface area contributed by atoms with Crippen LogP contribution in [0.15, 0.2) is 82.7 Å². The molecule has 142 valence electrons. The average Bonchev–Trinajstić information content (AvgIpc) is 2.78. The molecular formula is C23H17N3O2S. The number of para-hydroxylation sites is 1. The van der Waals surface area contributed by atoms with Crippen molar-refractivity contribution in [3.63, 3.8) is 0 Å². The summed E-state index contributed by atoms with van der Waals surface area (Å²) in [6, 6.07) is 24.3.